The van der Waals surface area contributed by atoms with Gasteiger partial charge in [0, 0.05) is 29.9 Å². The van der Waals surface area contributed by atoms with Gasteiger partial charge < -0.3 is 5.32 Å². The highest BCUT2D eigenvalue weighted by molar-refractivity contribution is 7.99. The molecule has 1 aromatic carbocycles. The minimum Gasteiger partial charge on any atom is -0.312 e. The van der Waals surface area contributed by atoms with Gasteiger partial charge in [-0.05, 0) is 30.7 Å². The molecule has 0 saturated heterocycles. The van der Waals surface area contributed by atoms with E-state index in [1.165, 1.54) is 10.9 Å². The van der Waals surface area contributed by atoms with Crippen LogP contribution >= 0.6 is 11.8 Å². The molecule has 1 aromatic heterocycles. The van der Waals surface area contributed by atoms with Crippen LogP contribution in [0.25, 0.3) is 10.9 Å². The second-order valence-corrected chi connectivity index (χ2v) is 5.52. The van der Waals surface area contributed by atoms with Gasteiger partial charge in [0.05, 0.1) is 11.3 Å². The third-order valence-electron chi connectivity index (χ3n) is 2.83. The van der Waals surface area contributed by atoms with Crippen LogP contribution in [0.5, 0.6) is 0 Å². The molecule has 0 aliphatic rings. The number of nitrogens with zero attached hydrogens (tertiary/aromatic N) is 1. The molecule has 19 heavy (non-hydrogen) atoms. The average Bonchev–Trinajstić information content (AvgIpc) is 2.43. The standard InChI is InChI=1S/C16H18N2S/c1-3-9-19-10-8-17-12-14-5-7-16-15(11-14)6-4-13(2)18-16/h1,4-7,11,17H,8-10,12H2,2H3. The van der Waals surface area contributed by atoms with E-state index in [4.69, 9.17) is 6.42 Å². The fourth-order valence-corrected chi connectivity index (χ4v) is 2.45. The number of terminal acetylenes is 1. The zero-order valence-corrected chi connectivity index (χ0v) is 12.0. The third kappa shape index (κ3) is 4.27. The van der Waals surface area contributed by atoms with E-state index in [1.54, 1.807) is 11.8 Å². The fraction of sp³-hybridized carbons (Fsp3) is 0.312. The van der Waals surface area contributed by atoms with Crippen molar-refractivity contribution in [1.82, 2.24) is 10.3 Å². The highest BCUT2D eigenvalue weighted by atomic mass is 32.2. The first-order valence-corrected chi connectivity index (χ1v) is 7.53. The fourth-order valence-electron chi connectivity index (χ4n) is 1.90. The quantitative estimate of drug-likeness (QED) is 0.645. The van der Waals surface area contributed by atoms with Gasteiger partial charge in [0.25, 0.3) is 0 Å². The van der Waals surface area contributed by atoms with E-state index in [1.807, 2.05) is 6.92 Å². The van der Waals surface area contributed by atoms with Gasteiger partial charge in [-0.2, -0.15) is 0 Å². The van der Waals surface area contributed by atoms with Crippen LogP contribution in [0.4, 0.5) is 0 Å². The average molecular weight is 270 g/mol. The summed E-state index contributed by atoms with van der Waals surface area (Å²) >= 11 is 1.78. The molecule has 0 radical (unpaired) electrons. The smallest absolute Gasteiger partial charge is 0.0705 e. The highest BCUT2D eigenvalue weighted by Crippen LogP contribution is 2.14. The Hall–Kier alpha value is -1.50. The zero-order chi connectivity index (χ0) is 13.5. The predicted molar refractivity (Wildman–Crippen MR) is 84.3 cm³/mol. The first kappa shape index (κ1) is 13.9. The summed E-state index contributed by atoms with van der Waals surface area (Å²) in [4.78, 5) is 4.50. The van der Waals surface area contributed by atoms with Crippen LogP contribution < -0.4 is 5.32 Å². The van der Waals surface area contributed by atoms with E-state index < -0.39 is 0 Å². The maximum absolute atomic E-state index is 5.20. The van der Waals surface area contributed by atoms with Crippen molar-refractivity contribution >= 4 is 22.7 Å². The molecule has 0 saturated carbocycles. The number of rotatable bonds is 6. The van der Waals surface area contributed by atoms with E-state index >= 15 is 0 Å². The molecule has 0 aliphatic heterocycles. The third-order valence-corrected chi connectivity index (χ3v) is 3.69. The number of hydrogen-bond donors (Lipinski definition) is 1. The van der Waals surface area contributed by atoms with Crippen molar-refractivity contribution in [1.29, 1.82) is 0 Å². The minimum absolute atomic E-state index is 0.794. The summed E-state index contributed by atoms with van der Waals surface area (Å²) in [6, 6.07) is 10.6. The molecule has 1 N–H and O–H groups in total. The summed E-state index contributed by atoms with van der Waals surface area (Å²) in [5.41, 5.74) is 3.41. The molecule has 0 fully saturated rings. The number of aromatic nitrogens is 1. The Kier molecular flexibility index (Phi) is 5.26. The molecule has 2 nitrogen and oxygen atoms in total. The van der Waals surface area contributed by atoms with Crippen LogP contribution in [0.1, 0.15) is 11.3 Å². The molecule has 1 heterocycles. The number of aryl methyl sites for hydroxylation is 1. The second-order valence-electron chi connectivity index (χ2n) is 4.41. The summed E-state index contributed by atoms with van der Waals surface area (Å²) in [7, 11) is 0. The largest absolute Gasteiger partial charge is 0.312 e. The Balaban J connectivity index is 1.88. The number of pyridine rings is 1. The molecule has 0 spiro atoms. The topological polar surface area (TPSA) is 24.9 Å². The molecule has 3 heteroatoms. The van der Waals surface area contributed by atoms with Crippen molar-refractivity contribution in [3.8, 4) is 12.3 Å². The normalized spacial score (nSPS) is 10.5. The molecule has 98 valence electrons. The SMILES string of the molecule is C#CCSCCNCc1ccc2nc(C)ccc2c1. The van der Waals surface area contributed by atoms with Gasteiger partial charge in [-0.1, -0.05) is 18.1 Å². The first-order chi connectivity index (χ1) is 9.29. The number of benzene rings is 1. The molecule has 0 atom stereocenters. The molecular weight excluding hydrogens is 252 g/mol. The van der Waals surface area contributed by atoms with Gasteiger partial charge in [-0.25, -0.2) is 0 Å². The Morgan fingerprint density at radius 2 is 2.21 bits per heavy atom. The van der Waals surface area contributed by atoms with Crippen LogP contribution in [0, 0.1) is 19.3 Å². The Morgan fingerprint density at radius 1 is 1.32 bits per heavy atom. The van der Waals surface area contributed by atoms with E-state index in [0.717, 1.165) is 35.8 Å². The van der Waals surface area contributed by atoms with E-state index in [0.29, 0.717) is 0 Å². The van der Waals surface area contributed by atoms with Crippen molar-refractivity contribution in [2.24, 2.45) is 0 Å². The molecule has 2 aromatic rings. The van der Waals surface area contributed by atoms with Crippen LogP contribution in [-0.4, -0.2) is 23.0 Å². The lowest BCUT2D eigenvalue weighted by Gasteiger charge is -2.06. The number of nitrogens with one attached hydrogen (secondary N) is 1. The van der Waals surface area contributed by atoms with Gasteiger partial charge in [0.1, 0.15) is 0 Å². The summed E-state index contributed by atoms with van der Waals surface area (Å²) in [6.07, 6.45) is 5.20. The maximum atomic E-state index is 5.20. The molecule has 2 rings (SSSR count). The molecule has 0 bridgehead atoms. The predicted octanol–water partition coefficient (Wildman–Crippen LogP) is 3.00. The van der Waals surface area contributed by atoms with Crippen molar-refractivity contribution < 1.29 is 0 Å². The highest BCUT2D eigenvalue weighted by Gasteiger charge is 1.98. The van der Waals surface area contributed by atoms with Crippen molar-refractivity contribution in [3.05, 3.63) is 41.6 Å². The van der Waals surface area contributed by atoms with Crippen LogP contribution in [0.3, 0.4) is 0 Å². The monoisotopic (exact) mass is 270 g/mol. The number of thioether (sulfide) groups is 1. The number of hydrogen-bond acceptors (Lipinski definition) is 3. The van der Waals surface area contributed by atoms with Crippen LogP contribution in [0.15, 0.2) is 30.3 Å². The van der Waals surface area contributed by atoms with Crippen molar-refractivity contribution in [3.63, 3.8) is 0 Å². The van der Waals surface area contributed by atoms with Gasteiger partial charge in [0.2, 0.25) is 0 Å². The zero-order valence-electron chi connectivity index (χ0n) is 11.1. The Labute approximate surface area is 119 Å². The first-order valence-electron chi connectivity index (χ1n) is 6.38. The molecule has 0 aliphatic carbocycles. The minimum atomic E-state index is 0.794. The summed E-state index contributed by atoms with van der Waals surface area (Å²) < 4.78 is 0. The summed E-state index contributed by atoms with van der Waals surface area (Å²) in [5.74, 6) is 4.48. The Bertz CT molecular complexity index is 587. The Morgan fingerprint density at radius 3 is 3.05 bits per heavy atom. The van der Waals surface area contributed by atoms with Crippen LogP contribution in [0.2, 0.25) is 0 Å². The molecule has 0 unspecified atom stereocenters. The van der Waals surface area contributed by atoms with Crippen LogP contribution in [-0.2, 0) is 6.54 Å². The van der Waals surface area contributed by atoms with E-state index in [9.17, 15) is 0 Å². The van der Waals surface area contributed by atoms with Crippen molar-refractivity contribution in [2.45, 2.75) is 13.5 Å². The summed E-state index contributed by atoms with van der Waals surface area (Å²) in [6.45, 7) is 3.89. The van der Waals surface area contributed by atoms with Gasteiger partial charge in [-0.15, -0.1) is 18.2 Å². The van der Waals surface area contributed by atoms with Crippen molar-refractivity contribution in [2.75, 3.05) is 18.1 Å². The second kappa shape index (κ2) is 7.18. The maximum Gasteiger partial charge on any atom is 0.0705 e. The lowest BCUT2D eigenvalue weighted by molar-refractivity contribution is 0.733. The molecule has 0 amide bonds. The van der Waals surface area contributed by atoms with Gasteiger partial charge in [0.15, 0.2) is 0 Å². The number of fused-ring (bicyclic) bond motifs is 1. The lowest BCUT2D eigenvalue weighted by Crippen LogP contribution is -2.16. The van der Waals surface area contributed by atoms with E-state index in [2.05, 4.69) is 46.6 Å². The van der Waals surface area contributed by atoms with E-state index in [-0.39, 0.29) is 0 Å². The lowest BCUT2D eigenvalue weighted by atomic mass is 10.1. The molecular formula is C16H18N2S. The van der Waals surface area contributed by atoms with Gasteiger partial charge in [-0.3, -0.25) is 4.98 Å². The summed E-state index contributed by atoms with van der Waals surface area (Å²) in [5, 5.41) is 4.63. The van der Waals surface area contributed by atoms with Gasteiger partial charge >= 0.3 is 0 Å².